The normalized spacial score (nSPS) is 21.5. The summed E-state index contributed by atoms with van der Waals surface area (Å²) in [6.07, 6.45) is 1.20. The van der Waals surface area contributed by atoms with Crippen molar-refractivity contribution in [3.63, 3.8) is 0 Å². The standard InChI is InChI=1S/C14H18F2N2O2/c1-14(2)7-8(5-6-20-14)18-13(19)11-9(15)3-4-10(17)12(11)16/h3-4,8H,5-7,17H2,1-2H3,(H,18,19). The third kappa shape index (κ3) is 3.07. The summed E-state index contributed by atoms with van der Waals surface area (Å²) in [5.41, 5.74) is 4.13. The number of ether oxygens (including phenoxy) is 1. The Morgan fingerprint density at radius 1 is 1.45 bits per heavy atom. The molecule has 110 valence electrons. The summed E-state index contributed by atoms with van der Waals surface area (Å²) in [6, 6.07) is 1.91. The van der Waals surface area contributed by atoms with Gasteiger partial charge in [-0.3, -0.25) is 4.79 Å². The first-order valence-electron chi connectivity index (χ1n) is 6.48. The van der Waals surface area contributed by atoms with Crippen LogP contribution in [-0.2, 0) is 4.74 Å². The molecule has 0 radical (unpaired) electrons. The van der Waals surface area contributed by atoms with Gasteiger partial charge in [0.25, 0.3) is 5.91 Å². The topological polar surface area (TPSA) is 64.4 Å². The molecule has 0 saturated carbocycles. The Morgan fingerprint density at radius 3 is 2.80 bits per heavy atom. The molecule has 1 fully saturated rings. The van der Waals surface area contributed by atoms with Gasteiger partial charge in [-0.25, -0.2) is 8.78 Å². The fourth-order valence-electron chi connectivity index (χ4n) is 2.39. The summed E-state index contributed by atoms with van der Waals surface area (Å²) in [7, 11) is 0. The van der Waals surface area contributed by atoms with Crippen LogP contribution in [0.2, 0.25) is 0 Å². The maximum absolute atomic E-state index is 13.8. The van der Waals surface area contributed by atoms with Crippen LogP contribution in [0.4, 0.5) is 14.5 Å². The maximum Gasteiger partial charge on any atom is 0.257 e. The molecule has 1 aromatic rings. The molecule has 1 aliphatic rings. The van der Waals surface area contributed by atoms with Gasteiger partial charge >= 0.3 is 0 Å². The van der Waals surface area contributed by atoms with Gasteiger partial charge in [-0.2, -0.15) is 0 Å². The molecule has 1 unspecified atom stereocenters. The molecule has 0 bridgehead atoms. The Hall–Kier alpha value is -1.69. The van der Waals surface area contributed by atoms with Crippen LogP contribution < -0.4 is 11.1 Å². The number of halogens is 2. The van der Waals surface area contributed by atoms with E-state index in [0.29, 0.717) is 19.4 Å². The summed E-state index contributed by atoms with van der Waals surface area (Å²) in [5, 5.41) is 2.65. The Bertz CT molecular complexity index is 532. The second kappa shape index (κ2) is 5.36. The number of nitrogen functional groups attached to an aromatic ring is 1. The van der Waals surface area contributed by atoms with Crippen LogP contribution in [-0.4, -0.2) is 24.2 Å². The van der Waals surface area contributed by atoms with Gasteiger partial charge in [-0.15, -0.1) is 0 Å². The van der Waals surface area contributed by atoms with Gasteiger partial charge in [0.1, 0.15) is 11.4 Å². The summed E-state index contributed by atoms with van der Waals surface area (Å²) in [4.78, 5) is 12.0. The smallest absolute Gasteiger partial charge is 0.257 e. The van der Waals surface area contributed by atoms with E-state index < -0.39 is 23.1 Å². The summed E-state index contributed by atoms with van der Waals surface area (Å²) < 4.78 is 32.9. The monoisotopic (exact) mass is 284 g/mol. The minimum Gasteiger partial charge on any atom is -0.396 e. The van der Waals surface area contributed by atoms with Crippen molar-refractivity contribution in [1.82, 2.24) is 5.32 Å². The van der Waals surface area contributed by atoms with E-state index in [9.17, 15) is 13.6 Å². The van der Waals surface area contributed by atoms with Gasteiger partial charge in [0, 0.05) is 12.6 Å². The zero-order chi connectivity index (χ0) is 14.9. The van der Waals surface area contributed by atoms with E-state index in [1.54, 1.807) is 0 Å². The molecule has 1 amide bonds. The van der Waals surface area contributed by atoms with E-state index in [2.05, 4.69) is 5.32 Å². The van der Waals surface area contributed by atoms with Gasteiger partial charge in [0.2, 0.25) is 0 Å². The number of rotatable bonds is 2. The zero-order valence-corrected chi connectivity index (χ0v) is 11.5. The predicted octanol–water partition coefficient (Wildman–Crippen LogP) is 2.23. The highest BCUT2D eigenvalue weighted by atomic mass is 19.1. The van der Waals surface area contributed by atoms with Crippen LogP contribution in [0.5, 0.6) is 0 Å². The van der Waals surface area contributed by atoms with Gasteiger partial charge < -0.3 is 15.8 Å². The number of nitrogens with two attached hydrogens (primary N) is 1. The van der Waals surface area contributed by atoms with Crippen LogP contribution in [0.3, 0.4) is 0 Å². The van der Waals surface area contributed by atoms with Gasteiger partial charge in [0.15, 0.2) is 5.82 Å². The minimum atomic E-state index is -1.02. The molecule has 0 aliphatic carbocycles. The van der Waals surface area contributed by atoms with Crippen LogP contribution in [0.25, 0.3) is 0 Å². The molecule has 6 heteroatoms. The molecule has 4 nitrogen and oxygen atoms in total. The molecule has 1 saturated heterocycles. The van der Waals surface area contributed by atoms with Crippen molar-refractivity contribution in [1.29, 1.82) is 0 Å². The van der Waals surface area contributed by atoms with Crippen molar-refractivity contribution in [2.75, 3.05) is 12.3 Å². The number of anilines is 1. The van der Waals surface area contributed by atoms with E-state index in [0.717, 1.165) is 12.1 Å². The van der Waals surface area contributed by atoms with E-state index in [-0.39, 0.29) is 17.3 Å². The minimum absolute atomic E-state index is 0.175. The van der Waals surface area contributed by atoms with Crippen LogP contribution in [0, 0.1) is 11.6 Å². The van der Waals surface area contributed by atoms with Crippen LogP contribution in [0.1, 0.15) is 37.0 Å². The van der Waals surface area contributed by atoms with Crippen molar-refractivity contribution in [3.8, 4) is 0 Å². The molecule has 3 N–H and O–H groups in total. The van der Waals surface area contributed by atoms with E-state index in [1.165, 1.54) is 0 Å². The summed E-state index contributed by atoms with van der Waals surface area (Å²) in [6.45, 7) is 4.32. The summed E-state index contributed by atoms with van der Waals surface area (Å²) in [5.74, 6) is -2.72. The molecule has 1 aliphatic heterocycles. The lowest BCUT2D eigenvalue weighted by atomic mass is 9.93. The number of benzene rings is 1. The van der Waals surface area contributed by atoms with Crippen LogP contribution in [0.15, 0.2) is 12.1 Å². The summed E-state index contributed by atoms with van der Waals surface area (Å²) >= 11 is 0. The SMILES string of the molecule is CC1(C)CC(NC(=O)c2c(F)ccc(N)c2F)CCO1. The predicted molar refractivity (Wildman–Crippen MR) is 71.3 cm³/mol. The Kier molecular flexibility index (Phi) is 3.94. The van der Waals surface area contributed by atoms with E-state index in [4.69, 9.17) is 10.5 Å². The lowest BCUT2D eigenvalue weighted by Crippen LogP contribution is -2.46. The first-order valence-corrected chi connectivity index (χ1v) is 6.48. The zero-order valence-electron chi connectivity index (χ0n) is 11.5. The molecule has 20 heavy (non-hydrogen) atoms. The molecule has 0 aromatic heterocycles. The molecule has 1 atom stereocenters. The molecule has 1 aromatic carbocycles. The van der Waals surface area contributed by atoms with E-state index in [1.807, 2.05) is 13.8 Å². The van der Waals surface area contributed by atoms with Crippen molar-refractivity contribution in [3.05, 3.63) is 29.3 Å². The third-order valence-corrected chi connectivity index (χ3v) is 3.38. The molecule has 1 heterocycles. The average molecular weight is 284 g/mol. The molecule has 0 spiro atoms. The number of hydrogen-bond acceptors (Lipinski definition) is 3. The lowest BCUT2D eigenvalue weighted by Gasteiger charge is -2.35. The second-order valence-corrected chi connectivity index (χ2v) is 5.60. The van der Waals surface area contributed by atoms with Crippen molar-refractivity contribution in [2.24, 2.45) is 0 Å². The lowest BCUT2D eigenvalue weighted by molar-refractivity contribution is -0.0615. The van der Waals surface area contributed by atoms with Gasteiger partial charge in [-0.1, -0.05) is 0 Å². The first kappa shape index (κ1) is 14.7. The molecular formula is C14H18F2N2O2. The molecule has 2 rings (SSSR count). The van der Waals surface area contributed by atoms with Crippen molar-refractivity contribution < 1.29 is 18.3 Å². The number of amides is 1. The average Bonchev–Trinajstić information content (AvgIpc) is 2.33. The Balaban J connectivity index is 2.15. The molecular weight excluding hydrogens is 266 g/mol. The maximum atomic E-state index is 13.8. The van der Waals surface area contributed by atoms with Crippen LogP contribution >= 0.6 is 0 Å². The highest BCUT2D eigenvalue weighted by molar-refractivity contribution is 5.95. The van der Waals surface area contributed by atoms with Crippen molar-refractivity contribution in [2.45, 2.75) is 38.3 Å². The fourth-order valence-corrected chi connectivity index (χ4v) is 2.39. The number of hydrogen-bond donors (Lipinski definition) is 2. The fraction of sp³-hybridized carbons (Fsp3) is 0.500. The largest absolute Gasteiger partial charge is 0.396 e. The number of carbonyl (C=O) groups excluding carboxylic acids is 1. The third-order valence-electron chi connectivity index (χ3n) is 3.38. The number of carbonyl (C=O) groups is 1. The van der Waals surface area contributed by atoms with E-state index >= 15 is 0 Å². The Labute approximate surface area is 116 Å². The quantitative estimate of drug-likeness (QED) is 0.819. The van der Waals surface area contributed by atoms with Crippen molar-refractivity contribution >= 4 is 11.6 Å². The first-order chi connectivity index (χ1) is 9.30. The van der Waals surface area contributed by atoms with Gasteiger partial charge in [0.05, 0.1) is 11.3 Å². The highest BCUT2D eigenvalue weighted by Crippen LogP contribution is 2.25. The highest BCUT2D eigenvalue weighted by Gasteiger charge is 2.31. The second-order valence-electron chi connectivity index (χ2n) is 5.60. The number of nitrogens with one attached hydrogen (secondary N) is 1. The van der Waals surface area contributed by atoms with Gasteiger partial charge in [-0.05, 0) is 38.8 Å². The Morgan fingerprint density at radius 2 is 2.15 bits per heavy atom.